The molecule has 0 atom stereocenters. The maximum absolute atomic E-state index is 11.5. The van der Waals surface area contributed by atoms with E-state index in [1.165, 1.54) is 43.8 Å². The van der Waals surface area contributed by atoms with Crippen molar-refractivity contribution in [3.8, 4) is 51.1 Å². The Kier molecular flexibility index (Phi) is 7.73. The van der Waals surface area contributed by atoms with Gasteiger partial charge in [-0.1, -0.05) is 109 Å². The van der Waals surface area contributed by atoms with E-state index in [2.05, 4.69) is 188 Å². The van der Waals surface area contributed by atoms with E-state index in [0.717, 1.165) is 67.1 Å². The fourth-order valence-corrected chi connectivity index (χ4v) is 8.89. The second-order valence-corrected chi connectivity index (χ2v) is 14.9. The van der Waals surface area contributed by atoms with E-state index in [1.807, 2.05) is 12.1 Å². The van der Waals surface area contributed by atoms with Gasteiger partial charge >= 0.3 is 0 Å². The van der Waals surface area contributed by atoms with Gasteiger partial charge in [0.1, 0.15) is 11.6 Å². The third kappa shape index (κ3) is 5.09. The number of benzene rings is 7. The molecule has 0 saturated carbocycles. The van der Waals surface area contributed by atoms with Crippen molar-refractivity contribution in [3.63, 3.8) is 0 Å². The first-order valence-electron chi connectivity index (χ1n) is 19.1. The molecule has 0 amide bonds. The predicted molar refractivity (Wildman–Crippen MR) is 233 cm³/mol. The largest absolute Gasteiger partial charge is 0.308 e. The molecule has 0 unspecified atom stereocenters. The number of nitrogens with zero attached hydrogens (tertiary/aromatic N) is 4. The summed E-state index contributed by atoms with van der Waals surface area (Å²) in [5.74, 6) is 0. The summed E-state index contributed by atoms with van der Waals surface area (Å²) in [6.07, 6.45) is 0. The number of aryl methyl sites for hydroxylation is 4. The summed E-state index contributed by atoms with van der Waals surface area (Å²) in [5, 5.41) is 16.3. The fourth-order valence-electron chi connectivity index (χ4n) is 8.89. The minimum atomic E-state index is 0.609. The second-order valence-electron chi connectivity index (χ2n) is 14.9. The van der Waals surface area contributed by atoms with E-state index in [4.69, 9.17) is 4.98 Å². The van der Waals surface area contributed by atoms with Gasteiger partial charge in [-0.3, -0.25) is 0 Å². The lowest BCUT2D eigenvalue weighted by molar-refractivity contribution is 1.12. The minimum Gasteiger partial charge on any atom is -0.308 e. The molecule has 3 heterocycles. The van der Waals surface area contributed by atoms with Crippen LogP contribution in [0.1, 0.15) is 27.8 Å². The van der Waals surface area contributed by atoms with Crippen LogP contribution in [0, 0.1) is 39.0 Å². The Bertz CT molecular complexity index is 2910. The number of rotatable bonds is 5. The molecule has 0 saturated heterocycles. The van der Waals surface area contributed by atoms with E-state index in [9.17, 15) is 5.26 Å². The molecule has 4 heteroatoms. The Morgan fingerprint density at radius 1 is 0.393 bits per heavy atom. The average molecular weight is 719 g/mol. The second kappa shape index (κ2) is 13.0. The molecule has 0 aliphatic rings. The molecule has 266 valence electrons. The number of nitriles is 1. The van der Waals surface area contributed by atoms with Crippen molar-refractivity contribution in [1.29, 1.82) is 5.26 Å². The SMILES string of the molecule is Cc1cccc2c1c1c(C)cccc1n2-c1cc(-c2cc(-c3ccccc3)nc(-c3ccccc3)c2)cc(-n2c3cccc(C)c3c3c(C)cccc32)c1C#N. The Hall–Kier alpha value is -7.22. The summed E-state index contributed by atoms with van der Waals surface area (Å²) >= 11 is 0. The Morgan fingerprint density at radius 2 is 0.732 bits per heavy atom. The molecule has 3 aromatic heterocycles. The van der Waals surface area contributed by atoms with Crippen LogP contribution in [0.2, 0.25) is 0 Å². The van der Waals surface area contributed by atoms with Crippen LogP contribution in [0.5, 0.6) is 0 Å². The summed E-state index contributed by atoms with van der Waals surface area (Å²) in [6, 6.07) is 58.3. The molecule has 0 N–H and O–H groups in total. The zero-order valence-corrected chi connectivity index (χ0v) is 31.8. The highest BCUT2D eigenvalue weighted by Gasteiger charge is 2.24. The van der Waals surface area contributed by atoms with Gasteiger partial charge in [0.15, 0.2) is 0 Å². The standard InChI is InChI=1S/C52H38N4/c1-32-15-11-23-43-49(32)50-33(2)16-12-24-44(50)55(43)47-29-39(38-27-41(36-19-7-5-8-20-36)54-42(28-38)37-21-9-6-10-22-37)30-48(40(47)31-53)56-45-25-13-17-34(3)51(45)52-35(4)18-14-26-46(52)56/h5-30H,1-4H3. The molecule has 0 fully saturated rings. The van der Waals surface area contributed by atoms with Crippen molar-refractivity contribution in [2.24, 2.45) is 0 Å². The normalized spacial score (nSPS) is 11.6. The first-order chi connectivity index (χ1) is 27.4. The van der Waals surface area contributed by atoms with Gasteiger partial charge in [-0.05, 0) is 110 Å². The molecule has 10 aromatic rings. The van der Waals surface area contributed by atoms with Crippen LogP contribution in [0.25, 0.3) is 88.6 Å². The molecule has 10 rings (SSSR count). The highest BCUT2D eigenvalue weighted by Crippen LogP contribution is 2.43. The van der Waals surface area contributed by atoms with Gasteiger partial charge in [-0.2, -0.15) is 5.26 Å². The molecule has 0 spiro atoms. The number of hydrogen-bond donors (Lipinski definition) is 0. The predicted octanol–water partition coefficient (Wildman–Crippen LogP) is 13.4. The van der Waals surface area contributed by atoms with E-state index in [0.29, 0.717) is 5.56 Å². The fraction of sp³-hybridized carbons (Fsp3) is 0.0769. The summed E-state index contributed by atoms with van der Waals surface area (Å²) in [6.45, 7) is 8.73. The van der Waals surface area contributed by atoms with Crippen molar-refractivity contribution >= 4 is 43.6 Å². The van der Waals surface area contributed by atoms with Gasteiger partial charge < -0.3 is 9.13 Å². The highest BCUT2D eigenvalue weighted by molar-refractivity contribution is 6.14. The highest BCUT2D eigenvalue weighted by atomic mass is 15.0. The number of pyridine rings is 1. The average Bonchev–Trinajstić information content (AvgIpc) is 3.77. The molecular weight excluding hydrogens is 681 g/mol. The first kappa shape index (κ1) is 33.4. The number of fused-ring (bicyclic) bond motifs is 6. The first-order valence-corrected chi connectivity index (χ1v) is 19.1. The van der Waals surface area contributed by atoms with E-state index >= 15 is 0 Å². The number of aromatic nitrogens is 3. The Morgan fingerprint density at radius 3 is 1.07 bits per heavy atom. The molecule has 7 aromatic carbocycles. The van der Waals surface area contributed by atoms with Crippen molar-refractivity contribution < 1.29 is 0 Å². The molecule has 4 nitrogen and oxygen atoms in total. The summed E-state index contributed by atoms with van der Waals surface area (Å²) in [4.78, 5) is 5.22. The van der Waals surface area contributed by atoms with Crippen LogP contribution >= 0.6 is 0 Å². The Labute approximate surface area is 326 Å². The third-order valence-electron chi connectivity index (χ3n) is 11.5. The lowest BCUT2D eigenvalue weighted by atomic mass is 9.97. The van der Waals surface area contributed by atoms with Crippen molar-refractivity contribution in [1.82, 2.24) is 14.1 Å². The van der Waals surface area contributed by atoms with E-state index in [-0.39, 0.29) is 0 Å². The minimum absolute atomic E-state index is 0.609. The van der Waals surface area contributed by atoms with Crippen LogP contribution < -0.4 is 0 Å². The smallest absolute Gasteiger partial charge is 0.104 e. The van der Waals surface area contributed by atoms with Crippen molar-refractivity contribution in [2.75, 3.05) is 0 Å². The van der Waals surface area contributed by atoms with Gasteiger partial charge in [0.05, 0.1) is 44.8 Å². The summed E-state index contributed by atoms with van der Waals surface area (Å²) in [7, 11) is 0. The third-order valence-corrected chi connectivity index (χ3v) is 11.5. The lowest BCUT2D eigenvalue weighted by Crippen LogP contribution is -2.05. The maximum atomic E-state index is 11.5. The lowest BCUT2D eigenvalue weighted by Gasteiger charge is -2.19. The topological polar surface area (TPSA) is 46.5 Å². The van der Waals surface area contributed by atoms with E-state index in [1.54, 1.807) is 0 Å². The maximum Gasteiger partial charge on any atom is 0.104 e. The van der Waals surface area contributed by atoms with Crippen LogP contribution in [-0.4, -0.2) is 14.1 Å². The van der Waals surface area contributed by atoms with Crippen LogP contribution in [-0.2, 0) is 0 Å². The van der Waals surface area contributed by atoms with Gasteiger partial charge in [-0.15, -0.1) is 0 Å². The molecule has 56 heavy (non-hydrogen) atoms. The van der Waals surface area contributed by atoms with Gasteiger partial charge in [0.2, 0.25) is 0 Å². The zero-order chi connectivity index (χ0) is 38.1. The molecule has 0 aliphatic carbocycles. The monoisotopic (exact) mass is 718 g/mol. The summed E-state index contributed by atoms with van der Waals surface area (Å²) < 4.78 is 4.63. The van der Waals surface area contributed by atoms with E-state index < -0.39 is 0 Å². The van der Waals surface area contributed by atoms with Gasteiger partial charge in [-0.25, -0.2) is 4.98 Å². The van der Waals surface area contributed by atoms with Crippen molar-refractivity contribution in [2.45, 2.75) is 27.7 Å². The van der Waals surface area contributed by atoms with Gasteiger partial charge in [0.25, 0.3) is 0 Å². The van der Waals surface area contributed by atoms with Crippen molar-refractivity contribution in [3.05, 3.63) is 186 Å². The summed E-state index contributed by atoms with van der Waals surface area (Å²) in [5.41, 5.74) is 17.3. The molecular formula is C52H38N4. The quantitative estimate of drug-likeness (QED) is 0.178. The molecule has 0 radical (unpaired) electrons. The Balaban J connectivity index is 1.39. The van der Waals surface area contributed by atoms with Crippen LogP contribution in [0.3, 0.4) is 0 Å². The van der Waals surface area contributed by atoms with Crippen LogP contribution in [0.15, 0.2) is 158 Å². The number of hydrogen-bond acceptors (Lipinski definition) is 2. The zero-order valence-electron chi connectivity index (χ0n) is 31.8. The van der Waals surface area contributed by atoms with Crippen LogP contribution in [0.4, 0.5) is 0 Å². The molecule has 0 aliphatic heterocycles. The van der Waals surface area contributed by atoms with Gasteiger partial charge in [0, 0.05) is 32.7 Å². The molecule has 0 bridgehead atoms.